The van der Waals surface area contributed by atoms with Gasteiger partial charge in [-0.1, -0.05) is 6.07 Å². The van der Waals surface area contributed by atoms with Gasteiger partial charge in [0.2, 0.25) is 5.09 Å². The Bertz CT molecular complexity index is 850. The van der Waals surface area contributed by atoms with Gasteiger partial charge >= 0.3 is 10.1 Å². The molecule has 9 heteroatoms. The molecule has 0 aliphatic rings. The van der Waals surface area contributed by atoms with Crippen LogP contribution in [0.4, 0.5) is 0 Å². The molecule has 2 aromatic rings. The second-order valence-electron chi connectivity index (χ2n) is 5.04. The van der Waals surface area contributed by atoms with Crippen LogP contribution in [0.2, 0.25) is 0 Å². The summed E-state index contributed by atoms with van der Waals surface area (Å²) in [7, 11) is -4.41. The number of hydrogen-bond donors (Lipinski definition) is 2. The van der Waals surface area contributed by atoms with Crippen molar-refractivity contribution in [3.63, 3.8) is 0 Å². The highest BCUT2D eigenvalue weighted by Gasteiger charge is 2.14. The lowest BCUT2D eigenvalue weighted by Crippen LogP contribution is -2.24. The van der Waals surface area contributed by atoms with Crippen molar-refractivity contribution >= 4 is 22.2 Å². The molecule has 2 N–H and O–H groups in total. The third kappa shape index (κ3) is 5.21. The molecule has 2 rings (SSSR count). The van der Waals surface area contributed by atoms with E-state index in [0.717, 1.165) is 23.4 Å². The third-order valence-corrected chi connectivity index (χ3v) is 3.53. The third-order valence-electron chi connectivity index (χ3n) is 2.80. The van der Waals surface area contributed by atoms with Crippen LogP contribution in [0.3, 0.4) is 0 Å². The summed E-state index contributed by atoms with van der Waals surface area (Å²) in [6.07, 6.45) is 1.10. The zero-order chi connectivity index (χ0) is 17.7. The largest absolute Gasteiger partial charge is 0.484 e. The van der Waals surface area contributed by atoms with Gasteiger partial charge < -0.3 is 9.15 Å². The van der Waals surface area contributed by atoms with Gasteiger partial charge in [-0.3, -0.25) is 9.35 Å². The molecule has 0 radical (unpaired) electrons. The van der Waals surface area contributed by atoms with Gasteiger partial charge in [-0.15, -0.1) is 0 Å². The summed E-state index contributed by atoms with van der Waals surface area (Å²) in [5, 5.41) is 3.01. The van der Waals surface area contributed by atoms with Crippen LogP contribution in [0, 0.1) is 13.8 Å². The lowest BCUT2D eigenvalue weighted by atomic mass is 10.1. The lowest BCUT2D eigenvalue weighted by molar-refractivity contribution is -0.123. The minimum atomic E-state index is -4.41. The van der Waals surface area contributed by atoms with Crippen LogP contribution in [0.1, 0.15) is 16.9 Å². The summed E-state index contributed by atoms with van der Waals surface area (Å²) in [6, 6.07) is 7.96. The average Bonchev–Trinajstić information content (AvgIpc) is 2.93. The minimum absolute atomic E-state index is 0.0538. The SMILES string of the molecule is Cc1cc(C)cc(OCC(=O)N/N=C\c2ccc(S(=O)(=O)O)o2)c1. The Hall–Kier alpha value is -2.65. The van der Waals surface area contributed by atoms with E-state index in [9.17, 15) is 13.2 Å². The molecule has 1 amide bonds. The van der Waals surface area contributed by atoms with Crippen molar-refractivity contribution in [3.05, 3.63) is 47.2 Å². The molecule has 128 valence electrons. The highest BCUT2D eigenvalue weighted by molar-refractivity contribution is 7.85. The topological polar surface area (TPSA) is 118 Å². The Morgan fingerprint density at radius 3 is 2.54 bits per heavy atom. The van der Waals surface area contributed by atoms with Gasteiger partial charge in [-0.05, 0) is 49.2 Å². The maximum Gasteiger partial charge on any atom is 0.328 e. The number of hydrazone groups is 1. The first-order chi connectivity index (χ1) is 11.2. The number of aryl methyl sites for hydroxylation is 2. The van der Waals surface area contributed by atoms with E-state index in [2.05, 4.69) is 10.5 Å². The Balaban J connectivity index is 1.85. The highest BCUT2D eigenvalue weighted by atomic mass is 32.2. The molecule has 1 heterocycles. The van der Waals surface area contributed by atoms with E-state index >= 15 is 0 Å². The first-order valence-corrected chi connectivity index (χ1v) is 8.28. The molecule has 1 aromatic heterocycles. The summed E-state index contributed by atoms with van der Waals surface area (Å²) < 4.78 is 40.6. The fraction of sp³-hybridized carbons (Fsp3) is 0.200. The van der Waals surface area contributed by atoms with Crippen LogP contribution in [0.15, 0.2) is 44.9 Å². The number of ether oxygens (including phenoxy) is 1. The molecule has 0 aliphatic carbocycles. The number of rotatable bonds is 6. The van der Waals surface area contributed by atoms with Gasteiger partial charge in [-0.2, -0.15) is 13.5 Å². The predicted octanol–water partition coefficient (Wildman–Crippen LogP) is 1.67. The van der Waals surface area contributed by atoms with Gasteiger partial charge in [0.15, 0.2) is 6.61 Å². The first-order valence-electron chi connectivity index (χ1n) is 6.84. The van der Waals surface area contributed by atoms with Crippen molar-refractivity contribution in [2.45, 2.75) is 18.9 Å². The smallest absolute Gasteiger partial charge is 0.328 e. The lowest BCUT2D eigenvalue weighted by Gasteiger charge is -2.07. The molecular weight excluding hydrogens is 336 g/mol. The molecule has 0 aliphatic heterocycles. The van der Waals surface area contributed by atoms with Gasteiger partial charge in [0.05, 0.1) is 6.21 Å². The summed E-state index contributed by atoms with van der Waals surface area (Å²) in [6.45, 7) is 3.62. The first kappa shape index (κ1) is 17.7. The number of nitrogens with one attached hydrogen (secondary N) is 1. The van der Waals surface area contributed by atoms with Crippen molar-refractivity contribution < 1.29 is 26.9 Å². The standard InChI is InChI=1S/C15H16N2O6S/c1-10-5-11(2)7-13(6-10)22-9-14(18)17-16-8-12-3-4-15(23-12)24(19,20)21/h3-8H,9H2,1-2H3,(H,17,18)(H,19,20,21)/b16-8-. The molecule has 0 bridgehead atoms. The molecule has 0 fully saturated rings. The highest BCUT2D eigenvalue weighted by Crippen LogP contribution is 2.16. The van der Waals surface area contributed by atoms with Crippen molar-refractivity contribution in [3.8, 4) is 5.75 Å². The number of carbonyl (C=O) groups excluding carboxylic acids is 1. The second kappa shape index (κ2) is 7.28. The van der Waals surface area contributed by atoms with Crippen LogP contribution in [0.5, 0.6) is 5.75 Å². The fourth-order valence-electron chi connectivity index (χ4n) is 1.91. The molecule has 0 saturated heterocycles. The van der Waals surface area contributed by atoms with Gasteiger partial charge in [0.1, 0.15) is 11.5 Å². The maximum absolute atomic E-state index is 11.6. The average molecular weight is 352 g/mol. The number of hydrogen-bond acceptors (Lipinski definition) is 6. The van der Waals surface area contributed by atoms with Crippen molar-refractivity contribution in [2.24, 2.45) is 5.10 Å². The Kier molecular flexibility index (Phi) is 5.37. The van der Waals surface area contributed by atoms with Gasteiger partial charge in [0.25, 0.3) is 5.91 Å². The van der Waals surface area contributed by atoms with Crippen LogP contribution in [0.25, 0.3) is 0 Å². The van der Waals surface area contributed by atoms with E-state index in [1.165, 1.54) is 6.07 Å². The van der Waals surface area contributed by atoms with E-state index < -0.39 is 21.1 Å². The van der Waals surface area contributed by atoms with Gasteiger partial charge in [-0.25, -0.2) is 5.43 Å². The molecule has 24 heavy (non-hydrogen) atoms. The molecule has 0 unspecified atom stereocenters. The molecule has 0 atom stereocenters. The summed E-state index contributed by atoms with van der Waals surface area (Å²) in [4.78, 5) is 11.6. The Morgan fingerprint density at radius 2 is 1.96 bits per heavy atom. The van der Waals surface area contributed by atoms with E-state index in [-0.39, 0.29) is 12.4 Å². The Morgan fingerprint density at radius 1 is 1.29 bits per heavy atom. The molecule has 0 saturated carbocycles. The predicted molar refractivity (Wildman–Crippen MR) is 85.7 cm³/mol. The van der Waals surface area contributed by atoms with Crippen LogP contribution < -0.4 is 10.2 Å². The van der Waals surface area contributed by atoms with Crippen molar-refractivity contribution in [1.29, 1.82) is 0 Å². The monoisotopic (exact) mass is 352 g/mol. The number of nitrogens with zero attached hydrogens (tertiary/aromatic N) is 1. The van der Waals surface area contributed by atoms with Crippen LogP contribution >= 0.6 is 0 Å². The summed E-state index contributed by atoms with van der Waals surface area (Å²) in [5.41, 5.74) is 4.26. The molecule has 8 nitrogen and oxygen atoms in total. The summed E-state index contributed by atoms with van der Waals surface area (Å²) >= 11 is 0. The van der Waals surface area contributed by atoms with Crippen LogP contribution in [-0.2, 0) is 14.9 Å². The second-order valence-corrected chi connectivity index (χ2v) is 6.39. The summed E-state index contributed by atoms with van der Waals surface area (Å²) in [5.74, 6) is 0.139. The molecule has 0 spiro atoms. The minimum Gasteiger partial charge on any atom is -0.484 e. The number of carbonyl (C=O) groups is 1. The van der Waals surface area contributed by atoms with E-state index in [1.54, 1.807) is 0 Å². The van der Waals surface area contributed by atoms with E-state index in [0.29, 0.717) is 5.75 Å². The van der Waals surface area contributed by atoms with Gasteiger partial charge in [0, 0.05) is 0 Å². The number of benzene rings is 1. The molecule has 1 aromatic carbocycles. The normalized spacial score (nSPS) is 11.6. The Labute approximate surface area is 138 Å². The van der Waals surface area contributed by atoms with Crippen molar-refractivity contribution in [1.82, 2.24) is 5.43 Å². The zero-order valence-electron chi connectivity index (χ0n) is 13.0. The molecular formula is C15H16N2O6S. The van der Waals surface area contributed by atoms with E-state index in [1.807, 2.05) is 32.0 Å². The zero-order valence-corrected chi connectivity index (χ0v) is 13.8. The number of amides is 1. The van der Waals surface area contributed by atoms with E-state index in [4.69, 9.17) is 13.7 Å². The van der Waals surface area contributed by atoms with Crippen molar-refractivity contribution in [2.75, 3.05) is 6.61 Å². The van der Waals surface area contributed by atoms with Crippen LogP contribution in [-0.4, -0.2) is 31.7 Å². The quantitative estimate of drug-likeness (QED) is 0.464. The maximum atomic E-state index is 11.6. The fourth-order valence-corrected chi connectivity index (χ4v) is 2.35. The number of furan rings is 1.